The molecule has 2 N–H and O–H groups in total. The lowest BCUT2D eigenvalue weighted by Gasteiger charge is -2.03. The van der Waals surface area contributed by atoms with E-state index in [0.29, 0.717) is 6.54 Å². The Labute approximate surface area is 103 Å². The molecule has 0 aliphatic rings. The molecule has 2 aromatic heterocycles. The molecular formula is C14H21N3. The van der Waals surface area contributed by atoms with Crippen LogP contribution >= 0.6 is 0 Å². The fourth-order valence-electron chi connectivity index (χ4n) is 2.24. The maximum atomic E-state index is 5.76. The summed E-state index contributed by atoms with van der Waals surface area (Å²) in [5.41, 5.74) is 8.04. The van der Waals surface area contributed by atoms with Gasteiger partial charge in [0.05, 0.1) is 0 Å². The molecule has 0 amide bonds. The summed E-state index contributed by atoms with van der Waals surface area (Å²) >= 11 is 0. The fraction of sp³-hybridized carbons (Fsp3) is 0.500. The first kappa shape index (κ1) is 12.1. The van der Waals surface area contributed by atoms with E-state index in [1.54, 1.807) is 0 Å². The third kappa shape index (κ3) is 2.67. The van der Waals surface area contributed by atoms with Crippen molar-refractivity contribution < 1.29 is 0 Å². The highest BCUT2D eigenvalue weighted by atomic mass is 15.0. The first-order chi connectivity index (χ1) is 8.36. The van der Waals surface area contributed by atoms with Crippen molar-refractivity contribution in [3.63, 3.8) is 0 Å². The van der Waals surface area contributed by atoms with E-state index in [4.69, 9.17) is 5.73 Å². The number of aromatic nitrogens is 2. The maximum absolute atomic E-state index is 5.76. The minimum Gasteiger partial charge on any atom is -0.332 e. The van der Waals surface area contributed by atoms with E-state index in [-0.39, 0.29) is 0 Å². The van der Waals surface area contributed by atoms with Gasteiger partial charge in [0, 0.05) is 30.9 Å². The van der Waals surface area contributed by atoms with Crippen molar-refractivity contribution in [2.45, 2.75) is 45.7 Å². The SMILES string of the molecule is CCCCCCn1cc(CN)c2cccnc21. The lowest BCUT2D eigenvalue weighted by Crippen LogP contribution is -1.98. The zero-order valence-corrected chi connectivity index (χ0v) is 10.5. The van der Waals surface area contributed by atoms with Gasteiger partial charge in [0.2, 0.25) is 0 Å². The predicted octanol–water partition coefficient (Wildman–Crippen LogP) is 3.08. The average Bonchev–Trinajstić information content (AvgIpc) is 2.73. The molecule has 3 nitrogen and oxygen atoms in total. The van der Waals surface area contributed by atoms with Crippen LogP contribution < -0.4 is 5.73 Å². The van der Waals surface area contributed by atoms with Gasteiger partial charge in [0.15, 0.2) is 0 Å². The van der Waals surface area contributed by atoms with Crippen LogP contribution in [0.2, 0.25) is 0 Å². The Kier molecular flexibility index (Phi) is 4.15. The average molecular weight is 231 g/mol. The largest absolute Gasteiger partial charge is 0.332 e. The summed E-state index contributed by atoms with van der Waals surface area (Å²) in [6.45, 7) is 3.87. The second kappa shape index (κ2) is 5.82. The Bertz CT molecular complexity index is 473. The van der Waals surface area contributed by atoms with Crippen LogP contribution in [0.1, 0.15) is 38.2 Å². The number of hydrogen-bond donors (Lipinski definition) is 1. The summed E-state index contributed by atoms with van der Waals surface area (Å²) < 4.78 is 2.24. The first-order valence-electron chi connectivity index (χ1n) is 6.49. The lowest BCUT2D eigenvalue weighted by molar-refractivity contribution is 0.590. The van der Waals surface area contributed by atoms with Crippen molar-refractivity contribution in [3.8, 4) is 0 Å². The van der Waals surface area contributed by atoms with Gasteiger partial charge in [-0.25, -0.2) is 4.98 Å². The van der Waals surface area contributed by atoms with Crippen LogP contribution in [0, 0.1) is 0 Å². The normalized spacial score (nSPS) is 11.2. The summed E-state index contributed by atoms with van der Waals surface area (Å²) in [5.74, 6) is 0. The van der Waals surface area contributed by atoms with Gasteiger partial charge in [-0.1, -0.05) is 26.2 Å². The number of rotatable bonds is 6. The molecule has 0 atom stereocenters. The molecule has 0 aromatic carbocycles. The van der Waals surface area contributed by atoms with E-state index in [1.807, 2.05) is 12.3 Å². The van der Waals surface area contributed by atoms with Crippen molar-refractivity contribution in [2.75, 3.05) is 0 Å². The highest BCUT2D eigenvalue weighted by Gasteiger charge is 2.07. The molecule has 17 heavy (non-hydrogen) atoms. The molecule has 2 rings (SSSR count). The van der Waals surface area contributed by atoms with Gasteiger partial charge in [-0.15, -0.1) is 0 Å². The third-order valence-electron chi connectivity index (χ3n) is 3.19. The Morgan fingerprint density at radius 2 is 2.18 bits per heavy atom. The van der Waals surface area contributed by atoms with Crippen molar-refractivity contribution >= 4 is 11.0 Å². The molecule has 0 unspecified atom stereocenters. The summed E-state index contributed by atoms with van der Waals surface area (Å²) in [6.07, 6.45) is 9.11. The minimum absolute atomic E-state index is 0.587. The Morgan fingerprint density at radius 3 is 2.94 bits per heavy atom. The molecule has 0 spiro atoms. The summed E-state index contributed by atoms with van der Waals surface area (Å²) in [5, 5.41) is 1.20. The van der Waals surface area contributed by atoms with Crippen LogP contribution in [-0.4, -0.2) is 9.55 Å². The Hall–Kier alpha value is -1.35. The zero-order valence-electron chi connectivity index (χ0n) is 10.5. The van der Waals surface area contributed by atoms with Crippen LogP contribution in [0.25, 0.3) is 11.0 Å². The Morgan fingerprint density at radius 1 is 1.29 bits per heavy atom. The number of unbranched alkanes of at least 4 members (excludes halogenated alkanes) is 3. The van der Waals surface area contributed by atoms with Crippen molar-refractivity contribution in [2.24, 2.45) is 5.73 Å². The molecule has 2 aromatic rings. The molecule has 3 heteroatoms. The predicted molar refractivity (Wildman–Crippen MR) is 71.8 cm³/mol. The highest BCUT2D eigenvalue weighted by molar-refractivity contribution is 5.80. The molecule has 92 valence electrons. The van der Waals surface area contributed by atoms with Crippen molar-refractivity contribution in [1.82, 2.24) is 9.55 Å². The maximum Gasteiger partial charge on any atom is 0.140 e. The van der Waals surface area contributed by atoms with E-state index in [1.165, 1.54) is 36.6 Å². The summed E-state index contributed by atoms with van der Waals surface area (Å²) in [6, 6.07) is 4.08. The zero-order chi connectivity index (χ0) is 12.1. The lowest BCUT2D eigenvalue weighted by atomic mass is 10.2. The van der Waals surface area contributed by atoms with Gasteiger partial charge < -0.3 is 10.3 Å². The van der Waals surface area contributed by atoms with E-state index < -0.39 is 0 Å². The van der Waals surface area contributed by atoms with E-state index in [2.05, 4.69) is 28.7 Å². The number of hydrogen-bond acceptors (Lipinski definition) is 2. The monoisotopic (exact) mass is 231 g/mol. The van der Waals surface area contributed by atoms with Crippen molar-refractivity contribution in [3.05, 3.63) is 30.1 Å². The van der Waals surface area contributed by atoms with Crippen LogP contribution in [-0.2, 0) is 13.1 Å². The van der Waals surface area contributed by atoms with Crippen LogP contribution in [0.4, 0.5) is 0 Å². The summed E-state index contributed by atoms with van der Waals surface area (Å²) in [7, 11) is 0. The fourth-order valence-corrected chi connectivity index (χ4v) is 2.24. The molecule has 0 aliphatic carbocycles. The molecule has 0 fully saturated rings. The van der Waals surface area contributed by atoms with Gasteiger partial charge >= 0.3 is 0 Å². The molecule has 0 aliphatic heterocycles. The second-order valence-corrected chi connectivity index (χ2v) is 4.49. The number of nitrogens with two attached hydrogens (primary N) is 1. The standard InChI is InChI=1S/C14H21N3/c1-2-3-4-5-9-17-11-12(10-15)13-7-6-8-16-14(13)17/h6-8,11H,2-5,9-10,15H2,1H3. The second-order valence-electron chi connectivity index (χ2n) is 4.49. The summed E-state index contributed by atoms with van der Waals surface area (Å²) in [4.78, 5) is 4.46. The van der Waals surface area contributed by atoms with Crippen molar-refractivity contribution in [1.29, 1.82) is 0 Å². The quantitative estimate of drug-likeness (QED) is 0.776. The van der Waals surface area contributed by atoms with Gasteiger partial charge in [0.25, 0.3) is 0 Å². The van der Waals surface area contributed by atoms with Crippen LogP contribution in [0.15, 0.2) is 24.5 Å². The van der Waals surface area contributed by atoms with Crippen LogP contribution in [0.3, 0.4) is 0 Å². The van der Waals surface area contributed by atoms with Gasteiger partial charge in [0.1, 0.15) is 5.65 Å². The number of pyridine rings is 1. The first-order valence-corrected chi connectivity index (χ1v) is 6.49. The van der Waals surface area contributed by atoms with E-state index in [0.717, 1.165) is 12.2 Å². The van der Waals surface area contributed by atoms with E-state index >= 15 is 0 Å². The molecular weight excluding hydrogens is 210 g/mol. The smallest absolute Gasteiger partial charge is 0.140 e. The number of nitrogens with zero attached hydrogens (tertiary/aromatic N) is 2. The number of aryl methyl sites for hydroxylation is 1. The third-order valence-corrected chi connectivity index (χ3v) is 3.19. The van der Waals surface area contributed by atoms with Crippen LogP contribution in [0.5, 0.6) is 0 Å². The van der Waals surface area contributed by atoms with Gasteiger partial charge in [-0.2, -0.15) is 0 Å². The highest BCUT2D eigenvalue weighted by Crippen LogP contribution is 2.19. The molecule has 0 radical (unpaired) electrons. The molecule has 0 bridgehead atoms. The van der Waals surface area contributed by atoms with E-state index in [9.17, 15) is 0 Å². The topological polar surface area (TPSA) is 43.8 Å². The molecule has 0 saturated heterocycles. The van der Waals surface area contributed by atoms with Gasteiger partial charge in [-0.3, -0.25) is 0 Å². The van der Waals surface area contributed by atoms with Gasteiger partial charge in [-0.05, 0) is 24.1 Å². The Balaban J connectivity index is 2.16. The minimum atomic E-state index is 0.587. The number of fused-ring (bicyclic) bond motifs is 1. The molecule has 2 heterocycles. The molecule has 0 saturated carbocycles.